The fraction of sp³-hybridized carbons (Fsp3) is 0.692. The molecule has 2 nitrogen and oxygen atoms in total. The minimum Gasteiger partial charge on any atom is -0.508 e. The first-order valence-electron chi connectivity index (χ1n) is 17.7. The summed E-state index contributed by atoms with van der Waals surface area (Å²) < 4.78 is 0. The molecular weight excluding hydrogens is 500 g/mol. The van der Waals surface area contributed by atoms with Crippen LogP contribution >= 0.6 is 0 Å². The smallest absolute Gasteiger partial charge is 0.118 e. The maximum absolute atomic E-state index is 10.7. The quantitative estimate of drug-likeness (QED) is 0.118. The molecule has 0 saturated heterocycles. The molecule has 0 aromatic heterocycles. The van der Waals surface area contributed by atoms with Crippen LogP contribution in [0, 0.1) is 0 Å². The van der Waals surface area contributed by atoms with Crippen LogP contribution in [0.5, 0.6) is 11.5 Å². The van der Waals surface area contributed by atoms with E-state index < -0.39 is 0 Å². The average molecular weight is 565 g/mol. The number of aromatic hydroxyl groups is 2. The summed E-state index contributed by atoms with van der Waals surface area (Å²) in [6.07, 6.45) is 28.8. The van der Waals surface area contributed by atoms with Crippen molar-refractivity contribution >= 4 is 0 Å². The summed E-state index contributed by atoms with van der Waals surface area (Å²) in [6.45, 7) is 6.82. The molecule has 0 radical (unpaired) electrons. The second-order valence-electron chi connectivity index (χ2n) is 12.6. The summed E-state index contributed by atoms with van der Waals surface area (Å²) in [5, 5.41) is 21.4. The molecule has 0 atom stereocenters. The first-order chi connectivity index (χ1) is 20.1. The van der Waals surface area contributed by atoms with Crippen LogP contribution in [0.15, 0.2) is 36.4 Å². The summed E-state index contributed by atoms with van der Waals surface area (Å²) in [4.78, 5) is 0. The van der Waals surface area contributed by atoms with Crippen molar-refractivity contribution in [3.8, 4) is 11.5 Å². The van der Waals surface area contributed by atoms with E-state index in [2.05, 4.69) is 45.0 Å². The van der Waals surface area contributed by atoms with Crippen molar-refractivity contribution in [3.63, 3.8) is 0 Å². The molecule has 0 aliphatic carbocycles. The van der Waals surface area contributed by atoms with E-state index in [0.29, 0.717) is 17.4 Å². The SMILES string of the molecule is CCCCCCCCCc1cc(C(CCCCCCCC)c2ccc(O)c(CCCCCCCCC)c2)ccc1O. The molecule has 0 unspecified atom stereocenters. The van der Waals surface area contributed by atoms with Crippen molar-refractivity contribution in [2.24, 2.45) is 0 Å². The number of aryl methyl sites for hydroxylation is 2. The number of unbranched alkanes of at least 4 members (excludes halogenated alkanes) is 17. The van der Waals surface area contributed by atoms with Crippen molar-refractivity contribution in [2.75, 3.05) is 0 Å². The van der Waals surface area contributed by atoms with Gasteiger partial charge < -0.3 is 10.2 Å². The fourth-order valence-electron chi connectivity index (χ4n) is 6.24. The third-order valence-electron chi connectivity index (χ3n) is 8.96. The molecule has 0 aliphatic heterocycles. The van der Waals surface area contributed by atoms with Crippen LogP contribution in [0.2, 0.25) is 0 Å². The topological polar surface area (TPSA) is 40.5 Å². The van der Waals surface area contributed by atoms with Crippen LogP contribution in [0.3, 0.4) is 0 Å². The zero-order valence-corrected chi connectivity index (χ0v) is 27.2. The zero-order chi connectivity index (χ0) is 29.5. The minimum atomic E-state index is 0.308. The highest BCUT2D eigenvalue weighted by molar-refractivity contribution is 5.44. The van der Waals surface area contributed by atoms with Crippen LogP contribution in [0.4, 0.5) is 0 Å². The lowest BCUT2D eigenvalue weighted by molar-refractivity contribution is 0.464. The highest BCUT2D eigenvalue weighted by Crippen LogP contribution is 2.35. The van der Waals surface area contributed by atoms with Crippen LogP contribution in [0.25, 0.3) is 0 Å². The first-order valence-corrected chi connectivity index (χ1v) is 17.7. The lowest BCUT2D eigenvalue weighted by Crippen LogP contribution is -2.04. The van der Waals surface area contributed by atoms with Gasteiger partial charge in [0, 0.05) is 5.92 Å². The Morgan fingerprint density at radius 3 is 1.17 bits per heavy atom. The van der Waals surface area contributed by atoms with Crippen molar-refractivity contribution < 1.29 is 10.2 Å². The van der Waals surface area contributed by atoms with E-state index in [9.17, 15) is 10.2 Å². The molecular formula is C39H64O2. The number of hydrogen-bond acceptors (Lipinski definition) is 2. The molecule has 0 saturated carbocycles. The van der Waals surface area contributed by atoms with E-state index in [0.717, 1.165) is 43.2 Å². The third kappa shape index (κ3) is 14.7. The molecule has 2 aromatic carbocycles. The highest BCUT2D eigenvalue weighted by Gasteiger charge is 2.18. The summed E-state index contributed by atoms with van der Waals surface area (Å²) in [5.41, 5.74) is 4.85. The Hall–Kier alpha value is -1.96. The monoisotopic (exact) mass is 564 g/mol. The van der Waals surface area contributed by atoms with Gasteiger partial charge in [0.25, 0.3) is 0 Å². The summed E-state index contributed by atoms with van der Waals surface area (Å²) in [6, 6.07) is 12.7. The average Bonchev–Trinajstić information content (AvgIpc) is 2.98. The maximum Gasteiger partial charge on any atom is 0.118 e. The Kier molecular flexibility index (Phi) is 19.4. The van der Waals surface area contributed by atoms with Gasteiger partial charge in [-0.25, -0.2) is 0 Å². The predicted molar refractivity (Wildman–Crippen MR) is 179 cm³/mol. The largest absolute Gasteiger partial charge is 0.508 e. The Labute approximate surface area is 254 Å². The number of phenols is 2. The van der Waals surface area contributed by atoms with Gasteiger partial charge in [0.05, 0.1) is 0 Å². The van der Waals surface area contributed by atoms with Crippen molar-refractivity contribution in [2.45, 2.75) is 174 Å². The van der Waals surface area contributed by atoms with E-state index in [1.807, 2.05) is 12.1 Å². The number of phenolic OH excluding ortho intramolecular Hbond substituents is 2. The molecule has 41 heavy (non-hydrogen) atoms. The zero-order valence-electron chi connectivity index (χ0n) is 27.2. The molecule has 2 aromatic rings. The van der Waals surface area contributed by atoms with Gasteiger partial charge in [-0.05, 0) is 66.5 Å². The summed E-state index contributed by atoms with van der Waals surface area (Å²) in [7, 11) is 0. The number of rotatable bonds is 25. The van der Waals surface area contributed by atoms with E-state index in [1.54, 1.807) is 0 Å². The van der Waals surface area contributed by atoms with Gasteiger partial charge in [-0.1, -0.05) is 161 Å². The molecule has 0 heterocycles. The Bertz CT molecular complexity index is 850. The maximum atomic E-state index is 10.7. The Morgan fingerprint density at radius 1 is 0.439 bits per heavy atom. The second-order valence-corrected chi connectivity index (χ2v) is 12.6. The number of benzene rings is 2. The standard InChI is InChI=1S/C39H64O2/c1-4-7-10-13-16-18-21-24-35-31-33(27-29-38(35)40)37(26-23-20-15-12-9-6-3)34-28-30-39(41)36(32-34)25-22-19-17-14-11-8-5-2/h27-32,37,40-41H,4-26H2,1-3H3. The van der Waals surface area contributed by atoms with Crippen LogP contribution in [-0.2, 0) is 12.8 Å². The lowest BCUT2D eigenvalue weighted by Gasteiger charge is -2.21. The molecule has 232 valence electrons. The van der Waals surface area contributed by atoms with E-state index in [1.165, 1.54) is 127 Å². The van der Waals surface area contributed by atoms with Gasteiger partial charge in [0.1, 0.15) is 11.5 Å². The van der Waals surface area contributed by atoms with Gasteiger partial charge in [-0.15, -0.1) is 0 Å². The molecule has 0 bridgehead atoms. The van der Waals surface area contributed by atoms with Gasteiger partial charge in [-0.2, -0.15) is 0 Å². The highest BCUT2D eigenvalue weighted by atomic mass is 16.3. The van der Waals surface area contributed by atoms with Crippen molar-refractivity contribution in [3.05, 3.63) is 58.7 Å². The molecule has 0 aliphatic rings. The summed E-state index contributed by atoms with van der Waals surface area (Å²) in [5.74, 6) is 1.20. The van der Waals surface area contributed by atoms with Crippen molar-refractivity contribution in [1.29, 1.82) is 0 Å². The Morgan fingerprint density at radius 2 is 0.780 bits per heavy atom. The van der Waals surface area contributed by atoms with Crippen LogP contribution in [-0.4, -0.2) is 10.2 Å². The van der Waals surface area contributed by atoms with Gasteiger partial charge in [-0.3, -0.25) is 0 Å². The first kappa shape index (κ1) is 35.2. The van der Waals surface area contributed by atoms with Crippen LogP contribution in [0.1, 0.15) is 184 Å². The van der Waals surface area contributed by atoms with E-state index in [-0.39, 0.29) is 0 Å². The predicted octanol–water partition coefficient (Wildman–Crippen LogP) is 12.6. The summed E-state index contributed by atoms with van der Waals surface area (Å²) >= 11 is 0. The van der Waals surface area contributed by atoms with E-state index >= 15 is 0 Å². The normalized spacial score (nSPS) is 11.5. The Balaban J connectivity index is 2.09. The molecule has 2 N–H and O–H groups in total. The van der Waals surface area contributed by atoms with Crippen molar-refractivity contribution in [1.82, 2.24) is 0 Å². The third-order valence-corrected chi connectivity index (χ3v) is 8.96. The molecule has 0 amide bonds. The number of hydrogen-bond donors (Lipinski definition) is 2. The molecule has 2 heteroatoms. The van der Waals surface area contributed by atoms with E-state index in [4.69, 9.17) is 0 Å². The lowest BCUT2D eigenvalue weighted by atomic mass is 9.84. The second kappa shape index (κ2) is 22.6. The van der Waals surface area contributed by atoms with Gasteiger partial charge in [0.2, 0.25) is 0 Å². The van der Waals surface area contributed by atoms with Gasteiger partial charge >= 0.3 is 0 Å². The molecule has 0 fully saturated rings. The van der Waals surface area contributed by atoms with Crippen LogP contribution < -0.4 is 0 Å². The van der Waals surface area contributed by atoms with Gasteiger partial charge in [0.15, 0.2) is 0 Å². The molecule has 2 rings (SSSR count). The minimum absolute atomic E-state index is 0.308. The molecule has 0 spiro atoms. The fourth-order valence-corrected chi connectivity index (χ4v) is 6.24.